The van der Waals surface area contributed by atoms with Crippen LogP contribution in [0.4, 0.5) is 5.69 Å². The van der Waals surface area contributed by atoms with Crippen molar-refractivity contribution in [3.8, 4) is 5.75 Å². The maximum absolute atomic E-state index is 11.9. The van der Waals surface area contributed by atoms with Gasteiger partial charge in [0, 0.05) is 22.0 Å². The van der Waals surface area contributed by atoms with E-state index in [4.69, 9.17) is 10.5 Å². The molecule has 2 aromatic carbocycles. The molecule has 2 aromatic rings. The van der Waals surface area contributed by atoms with E-state index in [1.165, 1.54) is 0 Å². The van der Waals surface area contributed by atoms with Crippen LogP contribution in [0.3, 0.4) is 0 Å². The number of hydrogen-bond acceptors (Lipinski definition) is 3. The SMILES string of the molecule is CCC(C)(C)NC(=O)COc1ccc(N)c2ccccc12. The average molecular weight is 286 g/mol. The predicted molar refractivity (Wildman–Crippen MR) is 86.4 cm³/mol. The zero-order valence-corrected chi connectivity index (χ0v) is 12.8. The molecule has 0 aliphatic rings. The molecule has 0 aromatic heterocycles. The molecule has 0 atom stereocenters. The van der Waals surface area contributed by atoms with E-state index in [9.17, 15) is 4.79 Å². The van der Waals surface area contributed by atoms with Crippen LogP contribution in [0.2, 0.25) is 0 Å². The lowest BCUT2D eigenvalue weighted by molar-refractivity contribution is -0.124. The highest BCUT2D eigenvalue weighted by molar-refractivity contribution is 5.97. The van der Waals surface area contributed by atoms with E-state index in [0.29, 0.717) is 11.4 Å². The number of carbonyl (C=O) groups excluding carboxylic acids is 1. The van der Waals surface area contributed by atoms with Gasteiger partial charge in [-0.1, -0.05) is 31.2 Å². The van der Waals surface area contributed by atoms with Gasteiger partial charge in [0.05, 0.1) is 0 Å². The van der Waals surface area contributed by atoms with Crippen molar-refractivity contribution >= 4 is 22.4 Å². The second-order valence-electron chi connectivity index (χ2n) is 5.77. The van der Waals surface area contributed by atoms with Gasteiger partial charge >= 0.3 is 0 Å². The van der Waals surface area contributed by atoms with Crippen molar-refractivity contribution in [1.82, 2.24) is 5.32 Å². The van der Waals surface area contributed by atoms with Gasteiger partial charge in [-0.3, -0.25) is 4.79 Å². The van der Waals surface area contributed by atoms with Crippen molar-refractivity contribution in [3.63, 3.8) is 0 Å². The number of carbonyl (C=O) groups is 1. The Morgan fingerprint density at radius 3 is 2.52 bits per heavy atom. The molecule has 0 unspecified atom stereocenters. The number of fused-ring (bicyclic) bond motifs is 1. The number of hydrogen-bond donors (Lipinski definition) is 2. The highest BCUT2D eigenvalue weighted by atomic mass is 16.5. The predicted octanol–water partition coefficient (Wildman–Crippen LogP) is 3.11. The largest absolute Gasteiger partial charge is 0.483 e. The van der Waals surface area contributed by atoms with Crippen LogP contribution in [0.1, 0.15) is 27.2 Å². The Balaban J connectivity index is 2.11. The van der Waals surface area contributed by atoms with Gasteiger partial charge in [-0.05, 0) is 32.4 Å². The highest BCUT2D eigenvalue weighted by Gasteiger charge is 2.18. The van der Waals surface area contributed by atoms with Crippen LogP contribution in [-0.2, 0) is 4.79 Å². The first-order valence-corrected chi connectivity index (χ1v) is 7.14. The Labute approximate surface area is 125 Å². The summed E-state index contributed by atoms with van der Waals surface area (Å²) in [6.45, 7) is 6.01. The van der Waals surface area contributed by atoms with Gasteiger partial charge in [-0.2, -0.15) is 0 Å². The average Bonchev–Trinajstić information content (AvgIpc) is 2.46. The monoisotopic (exact) mass is 286 g/mol. The molecule has 0 saturated heterocycles. The maximum Gasteiger partial charge on any atom is 0.258 e. The Hall–Kier alpha value is -2.23. The van der Waals surface area contributed by atoms with Crippen molar-refractivity contribution in [2.45, 2.75) is 32.7 Å². The summed E-state index contributed by atoms with van der Waals surface area (Å²) < 4.78 is 5.66. The molecule has 2 rings (SSSR count). The molecular weight excluding hydrogens is 264 g/mol. The number of nitrogens with one attached hydrogen (secondary N) is 1. The molecular formula is C17H22N2O2. The van der Waals surface area contributed by atoms with Gasteiger partial charge in [0.1, 0.15) is 5.75 Å². The number of anilines is 1. The van der Waals surface area contributed by atoms with Crippen LogP contribution >= 0.6 is 0 Å². The minimum absolute atomic E-state index is 0.00264. The number of ether oxygens (including phenoxy) is 1. The molecule has 0 saturated carbocycles. The van der Waals surface area contributed by atoms with E-state index in [-0.39, 0.29) is 18.1 Å². The van der Waals surface area contributed by atoms with Crippen LogP contribution in [0.5, 0.6) is 5.75 Å². The summed E-state index contributed by atoms with van der Waals surface area (Å²) in [6, 6.07) is 11.3. The third kappa shape index (κ3) is 3.66. The van der Waals surface area contributed by atoms with E-state index >= 15 is 0 Å². The van der Waals surface area contributed by atoms with Crippen molar-refractivity contribution in [2.24, 2.45) is 0 Å². The fourth-order valence-electron chi connectivity index (χ4n) is 2.07. The number of nitrogen functional groups attached to an aromatic ring is 1. The summed E-state index contributed by atoms with van der Waals surface area (Å²) in [5.41, 5.74) is 6.43. The molecule has 0 aliphatic heterocycles. The highest BCUT2D eigenvalue weighted by Crippen LogP contribution is 2.29. The third-order valence-electron chi connectivity index (χ3n) is 3.64. The summed E-state index contributed by atoms with van der Waals surface area (Å²) in [5, 5.41) is 4.80. The number of amides is 1. The van der Waals surface area contributed by atoms with Crippen molar-refractivity contribution < 1.29 is 9.53 Å². The van der Waals surface area contributed by atoms with Crippen LogP contribution in [0, 0.1) is 0 Å². The first-order valence-electron chi connectivity index (χ1n) is 7.14. The minimum Gasteiger partial charge on any atom is -0.483 e. The molecule has 4 heteroatoms. The Morgan fingerprint density at radius 2 is 1.86 bits per heavy atom. The van der Waals surface area contributed by atoms with Crippen LogP contribution in [-0.4, -0.2) is 18.1 Å². The molecule has 0 spiro atoms. The molecule has 3 N–H and O–H groups in total. The lowest BCUT2D eigenvalue weighted by Crippen LogP contribution is -2.44. The Bertz CT molecular complexity index is 650. The summed E-state index contributed by atoms with van der Waals surface area (Å²) in [7, 11) is 0. The minimum atomic E-state index is -0.219. The van der Waals surface area contributed by atoms with Gasteiger partial charge in [-0.15, -0.1) is 0 Å². The second-order valence-corrected chi connectivity index (χ2v) is 5.77. The van der Waals surface area contributed by atoms with E-state index in [1.54, 1.807) is 12.1 Å². The summed E-state index contributed by atoms with van der Waals surface area (Å²) in [5.74, 6) is 0.548. The van der Waals surface area contributed by atoms with Crippen LogP contribution < -0.4 is 15.8 Å². The quantitative estimate of drug-likeness (QED) is 0.830. The zero-order chi connectivity index (χ0) is 15.5. The van der Waals surface area contributed by atoms with Crippen molar-refractivity contribution in [3.05, 3.63) is 36.4 Å². The number of rotatable bonds is 5. The van der Waals surface area contributed by atoms with E-state index < -0.39 is 0 Å². The topological polar surface area (TPSA) is 64.3 Å². The smallest absolute Gasteiger partial charge is 0.258 e. The number of nitrogens with two attached hydrogens (primary N) is 1. The standard InChI is InChI=1S/C17H22N2O2/c1-4-17(2,3)19-16(20)11-21-15-10-9-14(18)12-7-5-6-8-13(12)15/h5-10H,4,11,18H2,1-3H3,(H,19,20). The van der Waals surface area contributed by atoms with Gasteiger partial charge in [0.2, 0.25) is 0 Å². The molecule has 21 heavy (non-hydrogen) atoms. The summed E-state index contributed by atoms with van der Waals surface area (Å²) >= 11 is 0. The molecule has 112 valence electrons. The normalized spacial score (nSPS) is 11.4. The molecule has 0 fully saturated rings. The fourth-order valence-corrected chi connectivity index (χ4v) is 2.07. The summed E-state index contributed by atoms with van der Waals surface area (Å²) in [4.78, 5) is 11.9. The van der Waals surface area contributed by atoms with Crippen molar-refractivity contribution in [2.75, 3.05) is 12.3 Å². The van der Waals surface area contributed by atoms with Gasteiger partial charge in [0.15, 0.2) is 6.61 Å². The fraction of sp³-hybridized carbons (Fsp3) is 0.353. The van der Waals surface area contributed by atoms with Crippen LogP contribution in [0.25, 0.3) is 10.8 Å². The van der Waals surface area contributed by atoms with E-state index in [0.717, 1.165) is 17.2 Å². The third-order valence-corrected chi connectivity index (χ3v) is 3.64. The van der Waals surface area contributed by atoms with Gasteiger partial charge in [0.25, 0.3) is 5.91 Å². The first kappa shape index (κ1) is 15.2. The lowest BCUT2D eigenvalue weighted by Gasteiger charge is -2.24. The molecule has 0 heterocycles. The summed E-state index contributed by atoms with van der Waals surface area (Å²) in [6.07, 6.45) is 0.865. The van der Waals surface area contributed by atoms with Gasteiger partial charge < -0.3 is 15.8 Å². The van der Waals surface area contributed by atoms with E-state index in [2.05, 4.69) is 5.32 Å². The second kappa shape index (κ2) is 6.04. The van der Waals surface area contributed by atoms with Crippen molar-refractivity contribution in [1.29, 1.82) is 0 Å². The molecule has 4 nitrogen and oxygen atoms in total. The number of benzene rings is 2. The Kier molecular flexibility index (Phi) is 4.36. The van der Waals surface area contributed by atoms with Crippen LogP contribution in [0.15, 0.2) is 36.4 Å². The lowest BCUT2D eigenvalue weighted by atomic mass is 10.0. The van der Waals surface area contributed by atoms with E-state index in [1.807, 2.05) is 45.0 Å². The first-order chi connectivity index (χ1) is 9.93. The molecule has 0 radical (unpaired) electrons. The molecule has 1 amide bonds. The zero-order valence-electron chi connectivity index (χ0n) is 12.8. The Morgan fingerprint density at radius 1 is 1.19 bits per heavy atom. The maximum atomic E-state index is 11.9. The molecule has 0 bridgehead atoms. The molecule has 0 aliphatic carbocycles. The van der Waals surface area contributed by atoms with Gasteiger partial charge in [-0.25, -0.2) is 0 Å².